The molecule has 2 rings (SSSR count). The molecule has 106 valence electrons. The van der Waals surface area contributed by atoms with E-state index in [1.165, 1.54) is 0 Å². The van der Waals surface area contributed by atoms with Crippen LogP contribution in [0, 0.1) is 6.92 Å². The minimum Gasteiger partial charge on any atom is -0.437 e. The van der Waals surface area contributed by atoms with Crippen LogP contribution < -0.4 is 10.1 Å². The zero-order valence-corrected chi connectivity index (χ0v) is 12.6. The molecule has 0 saturated heterocycles. The average Bonchev–Trinajstić information content (AvgIpc) is 2.42. The van der Waals surface area contributed by atoms with E-state index in [2.05, 4.69) is 29.1 Å². The molecule has 2 aromatic heterocycles. The number of nitrogens with zero attached hydrogens (tertiary/aromatic N) is 2. The summed E-state index contributed by atoms with van der Waals surface area (Å²) in [5, 5.41) is 3.92. The molecule has 20 heavy (non-hydrogen) atoms. The van der Waals surface area contributed by atoms with Crippen molar-refractivity contribution in [3.05, 3.63) is 46.9 Å². The number of rotatable bonds is 5. The third-order valence-corrected chi connectivity index (χ3v) is 3.02. The van der Waals surface area contributed by atoms with Crippen molar-refractivity contribution in [1.29, 1.82) is 0 Å². The first-order valence-corrected chi connectivity index (χ1v) is 6.91. The number of aryl methyl sites for hydroxylation is 1. The number of hydrogen-bond acceptors (Lipinski definition) is 4. The monoisotopic (exact) mass is 291 g/mol. The number of hydrogen-bond donors (Lipinski definition) is 1. The van der Waals surface area contributed by atoms with Gasteiger partial charge in [0, 0.05) is 24.3 Å². The predicted molar refractivity (Wildman–Crippen MR) is 80.3 cm³/mol. The Morgan fingerprint density at radius 3 is 2.70 bits per heavy atom. The highest BCUT2D eigenvalue weighted by molar-refractivity contribution is 6.31. The molecule has 0 aliphatic carbocycles. The van der Waals surface area contributed by atoms with Crippen molar-refractivity contribution in [2.24, 2.45) is 0 Å². The van der Waals surface area contributed by atoms with E-state index in [-0.39, 0.29) is 0 Å². The van der Waals surface area contributed by atoms with Gasteiger partial charge in [0.15, 0.2) is 0 Å². The second-order valence-electron chi connectivity index (χ2n) is 4.85. The highest BCUT2D eigenvalue weighted by atomic mass is 35.5. The Kier molecular flexibility index (Phi) is 4.93. The molecule has 5 heteroatoms. The van der Waals surface area contributed by atoms with E-state index in [0.29, 0.717) is 29.2 Å². The largest absolute Gasteiger partial charge is 0.437 e. The fourth-order valence-electron chi connectivity index (χ4n) is 1.58. The van der Waals surface area contributed by atoms with Crippen LogP contribution in [0.1, 0.15) is 25.2 Å². The summed E-state index contributed by atoms with van der Waals surface area (Å²) in [5.74, 6) is 1.17. The Balaban J connectivity index is 2.12. The Hall–Kier alpha value is -1.65. The van der Waals surface area contributed by atoms with Gasteiger partial charge in [0.05, 0.1) is 16.9 Å². The van der Waals surface area contributed by atoms with Crippen LogP contribution in [0.25, 0.3) is 0 Å². The first-order chi connectivity index (χ1) is 9.54. The van der Waals surface area contributed by atoms with Crippen molar-refractivity contribution in [2.45, 2.75) is 33.4 Å². The van der Waals surface area contributed by atoms with Crippen LogP contribution in [0.3, 0.4) is 0 Å². The molecule has 0 unspecified atom stereocenters. The quantitative estimate of drug-likeness (QED) is 0.912. The van der Waals surface area contributed by atoms with Crippen molar-refractivity contribution in [3.63, 3.8) is 0 Å². The van der Waals surface area contributed by atoms with Gasteiger partial charge in [-0.1, -0.05) is 25.4 Å². The van der Waals surface area contributed by atoms with E-state index >= 15 is 0 Å². The van der Waals surface area contributed by atoms with Crippen LogP contribution in [0.15, 0.2) is 30.5 Å². The van der Waals surface area contributed by atoms with E-state index in [0.717, 1.165) is 11.4 Å². The first kappa shape index (κ1) is 14.8. The second kappa shape index (κ2) is 6.68. The van der Waals surface area contributed by atoms with Gasteiger partial charge in [-0.25, -0.2) is 4.98 Å². The normalized spacial score (nSPS) is 10.8. The highest BCUT2D eigenvalue weighted by Gasteiger charge is 2.06. The Labute approximate surface area is 124 Å². The Morgan fingerprint density at radius 2 is 2.05 bits per heavy atom. The lowest BCUT2D eigenvalue weighted by Crippen LogP contribution is -2.22. The molecule has 4 nitrogen and oxygen atoms in total. The van der Waals surface area contributed by atoms with Gasteiger partial charge in [0.25, 0.3) is 0 Å². The zero-order chi connectivity index (χ0) is 14.5. The molecule has 0 fully saturated rings. The molecule has 0 amide bonds. The van der Waals surface area contributed by atoms with Gasteiger partial charge in [-0.15, -0.1) is 0 Å². The third kappa shape index (κ3) is 4.18. The van der Waals surface area contributed by atoms with Crippen LogP contribution in [0.4, 0.5) is 0 Å². The molecule has 0 spiro atoms. The number of aromatic nitrogens is 2. The summed E-state index contributed by atoms with van der Waals surface area (Å²) in [7, 11) is 0. The molecule has 0 atom stereocenters. The molecular formula is C15H18ClN3O. The van der Waals surface area contributed by atoms with E-state index in [1.807, 2.05) is 19.1 Å². The summed E-state index contributed by atoms with van der Waals surface area (Å²) in [6.07, 6.45) is 1.68. The van der Waals surface area contributed by atoms with Gasteiger partial charge < -0.3 is 10.1 Å². The smallest absolute Gasteiger partial charge is 0.219 e. The summed E-state index contributed by atoms with van der Waals surface area (Å²) >= 11 is 6.13. The van der Waals surface area contributed by atoms with Gasteiger partial charge in [-0.2, -0.15) is 0 Å². The van der Waals surface area contributed by atoms with Crippen molar-refractivity contribution in [2.75, 3.05) is 0 Å². The lowest BCUT2D eigenvalue weighted by atomic mass is 10.3. The molecule has 0 aliphatic heterocycles. The third-order valence-electron chi connectivity index (χ3n) is 2.68. The molecule has 0 radical (unpaired) electrons. The van der Waals surface area contributed by atoms with Crippen LogP contribution in [-0.4, -0.2) is 16.0 Å². The maximum atomic E-state index is 6.13. The fourth-order valence-corrected chi connectivity index (χ4v) is 1.75. The van der Waals surface area contributed by atoms with Crippen LogP contribution >= 0.6 is 11.6 Å². The van der Waals surface area contributed by atoms with Crippen molar-refractivity contribution < 1.29 is 4.74 Å². The topological polar surface area (TPSA) is 47.0 Å². The number of halogens is 1. The Morgan fingerprint density at radius 1 is 1.25 bits per heavy atom. The van der Waals surface area contributed by atoms with Gasteiger partial charge in [-0.05, 0) is 25.1 Å². The average molecular weight is 292 g/mol. The first-order valence-electron chi connectivity index (χ1n) is 6.54. The van der Waals surface area contributed by atoms with Gasteiger partial charge >= 0.3 is 0 Å². The van der Waals surface area contributed by atoms with Crippen molar-refractivity contribution >= 4 is 11.6 Å². The Bertz CT molecular complexity index is 570. The molecule has 2 aromatic rings. The van der Waals surface area contributed by atoms with E-state index in [4.69, 9.17) is 16.3 Å². The molecular weight excluding hydrogens is 274 g/mol. The van der Waals surface area contributed by atoms with Gasteiger partial charge in [-0.3, -0.25) is 4.98 Å². The number of ether oxygens (including phenoxy) is 1. The second-order valence-corrected chi connectivity index (χ2v) is 5.26. The predicted octanol–water partition coefficient (Wildman–Crippen LogP) is 3.73. The van der Waals surface area contributed by atoms with Crippen LogP contribution in [0.5, 0.6) is 11.6 Å². The molecule has 2 heterocycles. The highest BCUT2D eigenvalue weighted by Crippen LogP contribution is 2.22. The maximum Gasteiger partial charge on any atom is 0.219 e. The molecule has 0 saturated carbocycles. The van der Waals surface area contributed by atoms with E-state index < -0.39 is 0 Å². The molecule has 1 N–H and O–H groups in total. The van der Waals surface area contributed by atoms with Crippen molar-refractivity contribution in [3.8, 4) is 11.6 Å². The van der Waals surface area contributed by atoms with E-state index in [9.17, 15) is 0 Å². The van der Waals surface area contributed by atoms with Crippen molar-refractivity contribution in [1.82, 2.24) is 15.3 Å². The minimum absolute atomic E-state index is 0.374. The lowest BCUT2D eigenvalue weighted by molar-refractivity contribution is 0.456. The summed E-state index contributed by atoms with van der Waals surface area (Å²) in [6.45, 7) is 6.69. The summed E-state index contributed by atoms with van der Waals surface area (Å²) in [5.41, 5.74) is 1.72. The van der Waals surface area contributed by atoms with Crippen LogP contribution in [-0.2, 0) is 6.54 Å². The van der Waals surface area contributed by atoms with Gasteiger partial charge in [0.2, 0.25) is 5.88 Å². The molecule has 0 aliphatic rings. The summed E-state index contributed by atoms with van der Waals surface area (Å²) in [4.78, 5) is 8.60. The zero-order valence-electron chi connectivity index (χ0n) is 11.9. The molecule has 0 aromatic carbocycles. The standard InChI is InChI=1S/C15H18ClN3O/c1-10(2)17-9-14-13(16)6-7-15(19-14)20-12-5-4-11(3)18-8-12/h4-8,10,17H,9H2,1-3H3. The number of nitrogens with one attached hydrogen (secondary N) is 1. The van der Waals surface area contributed by atoms with Crippen LogP contribution in [0.2, 0.25) is 5.02 Å². The lowest BCUT2D eigenvalue weighted by Gasteiger charge is -2.11. The minimum atomic E-state index is 0.374. The summed E-state index contributed by atoms with van der Waals surface area (Å²) in [6, 6.07) is 7.68. The maximum absolute atomic E-state index is 6.13. The molecule has 0 bridgehead atoms. The van der Waals surface area contributed by atoms with E-state index in [1.54, 1.807) is 18.3 Å². The van der Waals surface area contributed by atoms with Gasteiger partial charge in [0.1, 0.15) is 5.75 Å². The summed E-state index contributed by atoms with van der Waals surface area (Å²) < 4.78 is 5.68. The fraction of sp³-hybridized carbons (Fsp3) is 0.333. The number of pyridine rings is 2. The SMILES string of the molecule is Cc1ccc(Oc2ccc(Cl)c(CNC(C)C)n2)cn1.